The van der Waals surface area contributed by atoms with Crippen LogP contribution in [0.5, 0.6) is 5.75 Å². The summed E-state index contributed by atoms with van der Waals surface area (Å²) < 4.78 is 5.37. The third-order valence-electron chi connectivity index (χ3n) is 3.77. The Labute approximate surface area is 161 Å². The van der Waals surface area contributed by atoms with Crippen LogP contribution in [-0.4, -0.2) is 18.0 Å². The van der Waals surface area contributed by atoms with Crippen molar-refractivity contribution in [1.29, 1.82) is 0 Å². The van der Waals surface area contributed by atoms with Gasteiger partial charge in [0.05, 0.1) is 19.2 Å². The van der Waals surface area contributed by atoms with E-state index in [1.807, 2.05) is 60.8 Å². The molecule has 0 bridgehead atoms. The minimum absolute atomic E-state index is 0.0439. The molecule has 0 radical (unpaired) electrons. The van der Waals surface area contributed by atoms with Crippen LogP contribution in [0.2, 0.25) is 0 Å². The highest BCUT2D eigenvalue weighted by Crippen LogP contribution is 2.31. The summed E-state index contributed by atoms with van der Waals surface area (Å²) in [7, 11) is 1.67. The Morgan fingerprint density at radius 2 is 1.96 bits per heavy atom. The first-order valence-corrected chi connectivity index (χ1v) is 10.1. The van der Waals surface area contributed by atoms with Crippen LogP contribution in [0, 0.1) is 6.92 Å². The number of aromatic nitrogens is 1. The van der Waals surface area contributed by atoms with Crippen LogP contribution in [-0.2, 0) is 17.0 Å². The predicted octanol–water partition coefficient (Wildman–Crippen LogP) is 4.93. The number of hydrogen-bond acceptors (Lipinski definition) is 5. The number of aryl methyl sites for hydroxylation is 1. The molecule has 1 amide bonds. The third kappa shape index (κ3) is 4.86. The number of thioether (sulfide) groups is 1. The van der Waals surface area contributed by atoms with Crippen LogP contribution in [0.25, 0.3) is 0 Å². The monoisotopic (exact) mass is 384 g/mol. The number of benzene rings is 2. The van der Waals surface area contributed by atoms with E-state index in [0.29, 0.717) is 6.42 Å². The number of para-hydroxylation sites is 2. The van der Waals surface area contributed by atoms with Gasteiger partial charge in [-0.25, -0.2) is 4.98 Å². The summed E-state index contributed by atoms with van der Waals surface area (Å²) in [5, 5.41) is 5.79. The van der Waals surface area contributed by atoms with Gasteiger partial charge in [0.1, 0.15) is 10.8 Å². The maximum atomic E-state index is 12.2. The van der Waals surface area contributed by atoms with Crippen molar-refractivity contribution in [2.24, 2.45) is 0 Å². The molecule has 1 N–H and O–H groups in total. The number of amides is 1. The van der Waals surface area contributed by atoms with Gasteiger partial charge in [0, 0.05) is 21.7 Å². The van der Waals surface area contributed by atoms with E-state index < -0.39 is 0 Å². The van der Waals surface area contributed by atoms with Gasteiger partial charge in [-0.1, -0.05) is 30.3 Å². The quantitative estimate of drug-likeness (QED) is 0.587. The number of carbonyl (C=O) groups is 1. The molecule has 0 saturated carbocycles. The van der Waals surface area contributed by atoms with Crippen LogP contribution >= 0.6 is 23.1 Å². The summed E-state index contributed by atoms with van der Waals surface area (Å²) >= 11 is 3.20. The molecule has 0 aliphatic heterocycles. The molecule has 4 nitrogen and oxygen atoms in total. The van der Waals surface area contributed by atoms with Crippen LogP contribution in [0.15, 0.2) is 58.8 Å². The number of nitrogens with one attached hydrogen (secondary N) is 1. The molecule has 0 saturated heterocycles. The number of thiazole rings is 1. The molecular weight excluding hydrogens is 364 g/mol. The van der Waals surface area contributed by atoms with Crippen molar-refractivity contribution in [2.45, 2.75) is 24.0 Å². The molecule has 0 aliphatic rings. The molecule has 0 aliphatic carbocycles. The Hall–Kier alpha value is -2.31. The average Bonchev–Trinajstić information content (AvgIpc) is 3.09. The second kappa shape index (κ2) is 8.87. The molecule has 26 heavy (non-hydrogen) atoms. The summed E-state index contributed by atoms with van der Waals surface area (Å²) in [6, 6.07) is 15.7. The zero-order valence-corrected chi connectivity index (χ0v) is 16.3. The van der Waals surface area contributed by atoms with Gasteiger partial charge in [-0.2, -0.15) is 0 Å². The van der Waals surface area contributed by atoms with Gasteiger partial charge in [0.25, 0.3) is 0 Å². The molecule has 3 rings (SSSR count). The zero-order valence-electron chi connectivity index (χ0n) is 14.7. The van der Waals surface area contributed by atoms with Crippen molar-refractivity contribution < 1.29 is 9.53 Å². The van der Waals surface area contributed by atoms with E-state index in [9.17, 15) is 4.79 Å². The summed E-state index contributed by atoms with van der Waals surface area (Å²) in [4.78, 5) is 17.9. The summed E-state index contributed by atoms with van der Waals surface area (Å²) in [5.74, 6) is 1.57. The lowest BCUT2D eigenvalue weighted by atomic mass is 10.2. The van der Waals surface area contributed by atoms with Crippen LogP contribution in [0.3, 0.4) is 0 Å². The largest absolute Gasteiger partial charge is 0.496 e. The molecule has 1 heterocycles. The molecular formula is C20H20N2O2S2. The van der Waals surface area contributed by atoms with E-state index in [1.165, 1.54) is 11.3 Å². The highest BCUT2D eigenvalue weighted by molar-refractivity contribution is 7.98. The fourth-order valence-corrected chi connectivity index (χ4v) is 4.25. The molecule has 2 aromatic carbocycles. The molecule has 0 atom stereocenters. The Morgan fingerprint density at radius 3 is 2.77 bits per heavy atom. The topological polar surface area (TPSA) is 51.2 Å². The maximum absolute atomic E-state index is 12.2. The summed E-state index contributed by atoms with van der Waals surface area (Å²) in [5.41, 5.74) is 2.87. The summed E-state index contributed by atoms with van der Waals surface area (Å²) in [6.07, 6.45) is 0.290. The van der Waals surface area contributed by atoms with Crippen molar-refractivity contribution in [3.63, 3.8) is 0 Å². The van der Waals surface area contributed by atoms with Crippen molar-refractivity contribution in [1.82, 2.24) is 4.98 Å². The van der Waals surface area contributed by atoms with Crippen molar-refractivity contribution in [2.75, 3.05) is 12.4 Å². The van der Waals surface area contributed by atoms with Gasteiger partial charge >= 0.3 is 0 Å². The number of hydrogen-bond donors (Lipinski definition) is 1. The lowest BCUT2D eigenvalue weighted by Crippen LogP contribution is -2.15. The van der Waals surface area contributed by atoms with E-state index in [-0.39, 0.29) is 5.91 Å². The fourth-order valence-electron chi connectivity index (χ4n) is 2.43. The smallest absolute Gasteiger partial charge is 0.231 e. The second-order valence-electron chi connectivity index (χ2n) is 5.71. The van der Waals surface area contributed by atoms with Crippen LogP contribution < -0.4 is 10.1 Å². The Balaban J connectivity index is 1.56. The molecule has 0 spiro atoms. The molecule has 3 aromatic rings. The highest BCUT2D eigenvalue weighted by atomic mass is 32.2. The average molecular weight is 385 g/mol. The van der Waals surface area contributed by atoms with E-state index in [4.69, 9.17) is 4.74 Å². The normalized spacial score (nSPS) is 10.5. The number of anilines is 1. The fraction of sp³-hybridized carbons (Fsp3) is 0.200. The highest BCUT2D eigenvalue weighted by Gasteiger charge is 2.10. The lowest BCUT2D eigenvalue weighted by molar-refractivity contribution is -0.115. The van der Waals surface area contributed by atoms with Crippen molar-refractivity contribution >= 4 is 34.7 Å². The van der Waals surface area contributed by atoms with Crippen LogP contribution in [0.4, 0.5) is 5.69 Å². The van der Waals surface area contributed by atoms with Gasteiger partial charge < -0.3 is 10.1 Å². The molecule has 1 aromatic heterocycles. The van der Waals surface area contributed by atoms with E-state index in [1.54, 1.807) is 18.9 Å². The summed E-state index contributed by atoms with van der Waals surface area (Å²) in [6.45, 7) is 1.98. The maximum Gasteiger partial charge on any atom is 0.231 e. The molecule has 0 unspecified atom stereocenters. The van der Waals surface area contributed by atoms with E-state index >= 15 is 0 Å². The number of rotatable bonds is 7. The lowest BCUT2D eigenvalue weighted by Gasteiger charge is -2.07. The third-order valence-corrected chi connectivity index (χ3v) is 5.76. The SMILES string of the molecule is COc1ccccc1SCc1csc(CC(=O)Nc2ccccc2C)n1. The Bertz CT molecular complexity index is 893. The standard InChI is InChI=1S/C20H20N2O2S2/c1-14-7-3-4-8-16(14)22-19(23)11-20-21-15(13-26-20)12-25-18-10-6-5-9-17(18)24-2/h3-10,13H,11-12H2,1-2H3,(H,22,23). The van der Waals surface area contributed by atoms with Gasteiger partial charge in [-0.05, 0) is 30.7 Å². The van der Waals surface area contributed by atoms with Gasteiger partial charge in [0.15, 0.2) is 0 Å². The number of ether oxygens (including phenoxy) is 1. The number of nitrogens with zero attached hydrogens (tertiary/aromatic N) is 1. The first-order valence-electron chi connectivity index (χ1n) is 8.20. The minimum Gasteiger partial charge on any atom is -0.496 e. The predicted molar refractivity (Wildman–Crippen MR) is 108 cm³/mol. The van der Waals surface area contributed by atoms with Crippen LogP contribution in [0.1, 0.15) is 16.3 Å². The zero-order chi connectivity index (χ0) is 18.4. The van der Waals surface area contributed by atoms with Gasteiger partial charge in [-0.15, -0.1) is 23.1 Å². The van der Waals surface area contributed by atoms with Crippen molar-refractivity contribution in [3.8, 4) is 5.75 Å². The Kier molecular flexibility index (Phi) is 6.30. The number of carbonyl (C=O) groups excluding carboxylic acids is 1. The second-order valence-corrected chi connectivity index (χ2v) is 7.67. The van der Waals surface area contributed by atoms with Gasteiger partial charge in [-0.3, -0.25) is 4.79 Å². The molecule has 6 heteroatoms. The van der Waals surface area contributed by atoms with E-state index in [2.05, 4.69) is 10.3 Å². The molecule has 134 valence electrons. The first kappa shape index (κ1) is 18.5. The minimum atomic E-state index is -0.0439. The Morgan fingerprint density at radius 1 is 1.19 bits per heavy atom. The number of methoxy groups -OCH3 is 1. The van der Waals surface area contributed by atoms with Crippen molar-refractivity contribution in [3.05, 3.63) is 70.2 Å². The van der Waals surface area contributed by atoms with Gasteiger partial charge in [0.2, 0.25) is 5.91 Å². The van der Waals surface area contributed by atoms with E-state index in [0.717, 1.165) is 38.4 Å². The first-order chi connectivity index (χ1) is 12.7. The molecule has 0 fully saturated rings.